The number of carbonyl (C=O) groups is 1. The first-order valence-corrected chi connectivity index (χ1v) is 10.1. The molecule has 1 fully saturated rings. The molecule has 0 bridgehead atoms. The molecule has 4 nitrogen and oxygen atoms in total. The van der Waals surface area contributed by atoms with Gasteiger partial charge in [-0.25, -0.2) is 0 Å². The van der Waals surface area contributed by atoms with E-state index >= 15 is 0 Å². The molecule has 1 aliphatic heterocycles. The predicted octanol–water partition coefficient (Wildman–Crippen LogP) is 3.58. The Morgan fingerprint density at radius 3 is 2.67 bits per heavy atom. The van der Waals surface area contributed by atoms with Crippen molar-refractivity contribution in [3.63, 3.8) is 0 Å². The Bertz CT molecular complexity index is 652. The minimum Gasteiger partial charge on any atom is -0.458 e. The van der Waals surface area contributed by atoms with Crippen molar-refractivity contribution in [1.82, 2.24) is 0 Å². The summed E-state index contributed by atoms with van der Waals surface area (Å²) in [6.07, 6.45) is 11.4. The largest absolute Gasteiger partial charge is 0.458 e. The summed E-state index contributed by atoms with van der Waals surface area (Å²) < 4.78 is 5.70. The number of hydrogen-bond acceptors (Lipinski definition) is 4. The maximum Gasteiger partial charge on any atom is 0.306 e. The van der Waals surface area contributed by atoms with E-state index in [0.29, 0.717) is 19.3 Å². The maximum atomic E-state index is 12.2. The van der Waals surface area contributed by atoms with E-state index in [-0.39, 0.29) is 23.9 Å². The highest BCUT2D eigenvalue weighted by Crippen LogP contribution is 2.36. The van der Waals surface area contributed by atoms with Crippen LogP contribution in [0.3, 0.4) is 0 Å². The van der Waals surface area contributed by atoms with E-state index in [1.165, 1.54) is 5.56 Å². The predicted molar refractivity (Wildman–Crippen MR) is 105 cm³/mol. The molecule has 1 heterocycles. The van der Waals surface area contributed by atoms with Crippen molar-refractivity contribution in [3.8, 4) is 0 Å². The Morgan fingerprint density at radius 2 is 1.85 bits per heavy atom. The lowest BCUT2D eigenvalue weighted by Crippen LogP contribution is -2.21. The van der Waals surface area contributed by atoms with Crippen LogP contribution in [-0.4, -0.2) is 34.5 Å². The summed E-state index contributed by atoms with van der Waals surface area (Å²) >= 11 is 0. The Hall–Kier alpha value is -1.91. The van der Waals surface area contributed by atoms with Crippen LogP contribution in [0.1, 0.15) is 44.1 Å². The van der Waals surface area contributed by atoms with Gasteiger partial charge in [-0.15, -0.1) is 0 Å². The number of benzene rings is 1. The van der Waals surface area contributed by atoms with Crippen LogP contribution in [0.2, 0.25) is 0 Å². The number of aliphatic hydroxyl groups is 2. The van der Waals surface area contributed by atoms with Crippen molar-refractivity contribution < 1.29 is 19.7 Å². The normalized spacial score (nSPS) is 34.4. The van der Waals surface area contributed by atoms with Gasteiger partial charge in [0, 0.05) is 18.8 Å². The Balaban J connectivity index is 1.73. The van der Waals surface area contributed by atoms with Gasteiger partial charge in [0.05, 0.1) is 12.2 Å². The lowest BCUT2D eigenvalue weighted by molar-refractivity contribution is -0.147. The third-order valence-corrected chi connectivity index (χ3v) is 5.63. The zero-order chi connectivity index (χ0) is 19.1. The molecule has 0 unspecified atom stereocenters. The van der Waals surface area contributed by atoms with Gasteiger partial charge >= 0.3 is 5.97 Å². The second-order valence-electron chi connectivity index (χ2n) is 7.65. The SMILES string of the molecule is O=C1CCC/C=C\C[C@@H]2[C@@H](/C=C/[C@H](CCc3ccccc3)O1)[C@H](O)C[C@@H]2O. The molecule has 0 radical (unpaired) electrons. The molecule has 146 valence electrons. The monoisotopic (exact) mass is 370 g/mol. The fourth-order valence-corrected chi connectivity index (χ4v) is 4.07. The van der Waals surface area contributed by atoms with Crippen molar-refractivity contribution >= 4 is 5.97 Å². The van der Waals surface area contributed by atoms with Gasteiger partial charge in [-0.05, 0) is 49.7 Å². The van der Waals surface area contributed by atoms with Gasteiger partial charge in [-0.3, -0.25) is 4.79 Å². The van der Waals surface area contributed by atoms with Crippen LogP contribution >= 0.6 is 0 Å². The molecule has 5 atom stereocenters. The van der Waals surface area contributed by atoms with Gasteiger partial charge in [0.25, 0.3) is 0 Å². The molecular formula is C23H30O4. The van der Waals surface area contributed by atoms with E-state index in [2.05, 4.69) is 24.3 Å². The zero-order valence-corrected chi connectivity index (χ0v) is 15.7. The molecule has 2 N–H and O–H groups in total. The lowest BCUT2D eigenvalue weighted by atomic mass is 9.89. The fraction of sp³-hybridized carbons (Fsp3) is 0.522. The average molecular weight is 370 g/mol. The van der Waals surface area contributed by atoms with E-state index < -0.39 is 12.2 Å². The summed E-state index contributed by atoms with van der Waals surface area (Å²) in [6, 6.07) is 10.2. The molecule has 4 heteroatoms. The van der Waals surface area contributed by atoms with Crippen LogP contribution in [0.4, 0.5) is 0 Å². The number of carbonyl (C=O) groups excluding carboxylic acids is 1. The second-order valence-corrected chi connectivity index (χ2v) is 7.65. The van der Waals surface area contributed by atoms with E-state index in [1.54, 1.807) is 0 Å². The topological polar surface area (TPSA) is 66.8 Å². The number of cyclic esters (lactones) is 1. The smallest absolute Gasteiger partial charge is 0.306 e. The van der Waals surface area contributed by atoms with Crippen molar-refractivity contribution in [3.05, 3.63) is 60.2 Å². The second kappa shape index (κ2) is 9.86. The van der Waals surface area contributed by atoms with Crippen LogP contribution in [0.15, 0.2) is 54.6 Å². The quantitative estimate of drug-likeness (QED) is 0.630. The molecule has 0 saturated heterocycles. The van der Waals surface area contributed by atoms with Gasteiger partial charge < -0.3 is 14.9 Å². The number of hydrogen-bond donors (Lipinski definition) is 2. The van der Waals surface area contributed by atoms with Gasteiger partial charge in [-0.2, -0.15) is 0 Å². The first kappa shape index (κ1) is 19.8. The Morgan fingerprint density at radius 1 is 1.04 bits per heavy atom. The molecule has 0 amide bonds. The molecule has 2 aliphatic rings. The standard InChI is InChI=1S/C23H30O4/c24-21-16-22(25)20-15-14-18(13-12-17-8-4-3-5-9-17)27-23(26)11-7-2-1-6-10-19(20)21/h1,3-6,8-9,14-15,18-22,24-25H,2,7,10-13,16H2/b6-1-,15-14+/t18-,19+,20+,21-,22+/m0/s1. The third-order valence-electron chi connectivity index (χ3n) is 5.63. The summed E-state index contributed by atoms with van der Waals surface area (Å²) in [5, 5.41) is 20.7. The van der Waals surface area contributed by atoms with Crippen LogP contribution in [0, 0.1) is 11.8 Å². The number of ether oxygens (including phenoxy) is 1. The fourth-order valence-electron chi connectivity index (χ4n) is 4.07. The number of esters is 1. The van der Waals surface area contributed by atoms with Gasteiger partial charge in [0.2, 0.25) is 0 Å². The van der Waals surface area contributed by atoms with Crippen LogP contribution in [-0.2, 0) is 16.0 Å². The van der Waals surface area contributed by atoms with E-state index in [4.69, 9.17) is 4.74 Å². The van der Waals surface area contributed by atoms with Crippen LogP contribution in [0.5, 0.6) is 0 Å². The number of aliphatic hydroxyl groups excluding tert-OH is 2. The molecule has 3 rings (SSSR count). The Labute approximate surface area is 161 Å². The zero-order valence-electron chi connectivity index (χ0n) is 15.7. The van der Waals surface area contributed by atoms with Crippen molar-refractivity contribution in [2.45, 2.75) is 63.3 Å². The maximum absolute atomic E-state index is 12.2. The minimum atomic E-state index is -0.551. The molecular weight excluding hydrogens is 340 g/mol. The van der Waals surface area contributed by atoms with E-state index in [9.17, 15) is 15.0 Å². The average Bonchev–Trinajstić information content (AvgIpc) is 2.94. The number of allylic oxidation sites excluding steroid dienone is 2. The van der Waals surface area contributed by atoms with Crippen molar-refractivity contribution in [1.29, 1.82) is 0 Å². The highest BCUT2D eigenvalue weighted by Gasteiger charge is 2.39. The molecule has 0 aromatic heterocycles. The first-order valence-electron chi connectivity index (χ1n) is 10.1. The summed E-state index contributed by atoms with van der Waals surface area (Å²) in [4.78, 5) is 12.2. The van der Waals surface area contributed by atoms with Crippen LogP contribution < -0.4 is 0 Å². The number of aryl methyl sites for hydroxylation is 1. The summed E-state index contributed by atoms with van der Waals surface area (Å²) in [5.41, 5.74) is 1.21. The highest BCUT2D eigenvalue weighted by molar-refractivity contribution is 5.69. The Kier molecular flexibility index (Phi) is 7.25. The first-order chi connectivity index (χ1) is 13.1. The summed E-state index contributed by atoms with van der Waals surface area (Å²) in [5.74, 6) is -0.268. The molecule has 1 aromatic carbocycles. The molecule has 27 heavy (non-hydrogen) atoms. The number of rotatable bonds is 3. The molecule has 1 aliphatic carbocycles. The summed E-state index contributed by atoms with van der Waals surface area (Å²) in [7, 11) is 0. The third kappa shape index (κ3) is 5.78. The summed E-state index contributed by atoms with van der Waals surface area (Å²) in [6.45, 7) is 0. The number of fused-ring (bicyclic) bond motifs is 1. The molecule has 1 saturated carbocycles. The van der Waals surface area contributed by atoms with E-state index in [0.717, 1.165) is 25.7 Å². The van der Waals surface area contributed by atoms with Crippen molar-refractivity contribution in [2.24, 2.45) is 11.8 Å². The van der Waals surface area contributed by atoms with Gasteiger partial charge in [0.15, 0.2) is 0 Å². The van der Waals surface area contributed by atoms with Gasteiger partial charge in [-0.1, -0.05) is 48.6 Å². The van der Waals surface area contributed by atoms with Gasteiger partial charge in [0.1, 0.15) is 6.10 Å². The molecule has 1 aromatic rings. The van der Waals surface area contributed by atoms with Crippen molar-refractivity contribution in [2.75, 3.05) is 0 Å². The minimum absolute atomic E-state index is 0.0127. The highest BCUT2D eigenvalue weighted by atomic mass is 16.5. The lowest BCUT2D eigenvalue weighted by Gasteiger charge is -2.20. The van der Waals surface area contributed by atoms with E-state index in [1.807, 2.05) is 30.4 Å². The van der Waals surface area contributed by atoms with Crippen LogP contribution in [0.25, 0.3) is 0 Å². The molecule has 0 spiro atoms.